The fourth-order valence-corrected chi connectivity index (χ4v) is 4.14. The Kier molecular flexibility index (Phi) is 10.3. The molecule has 0 saturated carbocycles. The van der Waals surface area contributed by atoms with Crippen LogP contribution in [0.3, 0.4) is 0 Å². The summed E-state index contributed by atoms with van der Waals surface area (Å²) in [5.41, 5.74) is 7.11. The van der Waals surface area contributed by atoms with Gasteiger partial charge in [0.25, 0.3) is 0 Å². The molecule has 8 heteroatoms. The van der Waals surface area contributed by atoms with Crippen molar-refractivity contribution in [1.29, 1.82) is 0 Å². The molecule has 1 unspecified atom stereocenters. The van der Waals surface area contributed by atoms with Crippen molar-refractivity contribution in [3.8, 4) is 0 Å². The predicted octanol–water partition coefficient (Wildman–Crippen LogP) is 8.50. The molecular weight excluding hydrogens is 491 g/mol. The number of aryl methyl sites for hydroxylation is 2. The SMILES string of the molecule is C=C.Cc1nc(N)sc1C.Fc1ccc(C(Cc2ccccc2)c2cc(F)cc(C(F)(F)F)c2)cc1. The van der Waals surface area contributed by atoms with Crippen LogP contribution in [-0.4, -0.2) is 4.98 Å². The first kappa shape index (κ1) is 28.7. The second-order valence-electron chi connectivity index (χ2n) is 7.76. The Bertz CT molecular complexity index is 1220. The van der Waals surface area contributed by atoms with Crippen molar-refractivity contribution in [3.63, 3.8) is 0 Å². The Morgan fingerprint density at radius 1 is 0.861 bits per heavy atom. The molecule has 1 aromatic heterocycles. The number of rotatable bonds is 4. The number of alkyl halides is 3. The summed E-state index contributed by atoms with van der Waals surface area (Å²) in [6.07, 6.45) is -4.27. The minimum atomic E-state index is -4.64. The zero-order valence-corrected chi connectivity index (χ0v) is 20.8. The number of halogens is 5. The van der Waals surface area contributed by atoms with Crippen LogP contribution < -0.4 is 5.73 Å². The van der Waals surface area contributed by atoms with Crippen molar-refractivity contribution >= 4 is 16.5 Å². The Morgan fingerprint density at radius 3 is 1.94 bits per heavy atom. The molecule has 0 aliphatic rings. The van der Waals surface area contributed by atoms with E-state index in [1.165, 1.54) is 40.5 Å². The Morgan fingerprint density at radius 2 is 1.47 bits per heavy atom. The van der Waals surface area contributed by atoms with Gasteiger partial charge in [-0.1, -0.05) is 42.5 Å². The fourth-order valence-electron chi connectivity index (χ4n) is 3.45. The lowest BCUT2D eigenvalue weighted by atomic mass is 9.85. The molecule has 2 nitrogen and oxygen atoms in total. The summed E-state index contributed by atoms with van der Waals surface area (Å²) in [4.78, 5) is 5.22. The van der Waals surface area contributed by atoms with Crippen molar-refractivity contribution < 1.29 is 22.0 Å². The maximum absolute atomic E-state index is 13.9. The van der Waals surface area contributed by atoms with Gasteiger partial charge in [0.15, 0.2) is 5.13 Å². The van der Waals surface area contributed by atoms with Crippen LogP contribution in [0, 0.1) is 25.5 Å². The summed E-state index contributed by atoms with van der Waals surface area (Å²) < 4.78 is 66.4. The summed E-state index contributed by atoms with van der Waals surface area (Å²) in [6.45, 7) is 9.98. The molecule has 1 atom stereocenters. The van der Waals surface area contributed by atoms with E-state index >= 15 is 0 Å². The third-order valence-corrected chi connectivity index (χ3v) is 6.15. The van der Waals surface area contributed by atoms with Gasteiger partial charge >= 0.3 is 6.18 Å². The summed E-state index contributed by atoms with van der Waals surface area (Å²) in [7, 11) is 0. The Hall–Kier alpha value is -3.52. The molecule has 0 aliphatic carbocycles. The van der Waals surface area contributed by atoms with Gasteiger partial charge < -0.3 is 5.73 Å². The predicted molar refractivity (Wildman–Crippen MR) is 137 cm³/mol. The summed E-state index contributed by atoms with van der Waals surface area (Å²) >= 11 is 1.54. The summed E-state index contributed by atoms with van der Waals surface area (Å²) in [5.74, 6) is -1.92. The second kappa shape index (κ2) is 13.0. The van der Waals surface area contributed by atoms with Crippen molar-refractivity contribution in [2.75, 3.05) is 5.73 Å². The van der Waals surface area contributed by atoms with Crippen LogP contribution in [0.2, 0.25) is 0 Å². The number of nitrogens with two attached hydrogens (primary N) is 1. The average molecular weight is 519 g/mol. The molecule has 4 rings (SSSR count). The van der Waals surface area contributed by atoms with E-state index < -0.39 is 29.3 Å². The van der Waals surface area contributed by atoms with Crippen molar-refractivity contribution in [2.45, 2.75) is 32.4 Å². The van der Waals surface area contributed by atoms with Gasteiger partial charge in [-0.3, -0.25) is 0 Å². The van der Waals surface area contributed by atoms with E-state index in [4.69, 9.17) is 5.73 Å². The molecule has 4 aromatic rings. The first-order valence-electron chi connectivity index (χ1n) is 10.9. The van der Waals surface area contributed by atoms with Crippen LogP contribution >= 0.6 is 11.3 Å². The number of nitrogens with zero attached hydrogens (tertiary/aromatic N) is 1. The molecule has 0 bridgehead atoms. The number of hydrogen-bond donors (Lipinski definition) is 1. The summed E-state index contributed by atoms with van der Waals surface area (Å²) in [5, 5.41) is 0.667. The van der Waals surface area contributed by atoms with Gasteiger partial charge in [0, 0.05) is 10.8 Å². The fraction of sp³-hybridized carbons (Fsp3) is 0.179. The molecule has 2 N–H and O–H groups in total. The van der Waals surface area contributed by atoms with Gasteiger partial charge in [0.2, 0.25) is 0 Å². The highest BCUT2D eigenvalue weighted by molar-refractivity contribution is 7.15. The normalized spacial score (nSPS) is 11.5. The third kappa shape index (κ3) is 8.30. The van der Waals surface area contributed by atoms with Gasteiger partial charge in [-0.2, -0.15) is 13.2 Å². The van der Waals surface area contributed by atoms with Crippen molar-refractivity contribution in [1.82, 2.24) is 4.98 Å². The highest BCUT2D eigenvalue weighted by Gasteiger charge is 2.32. The van der Waals surface area contributed by atoms with Crippen LogP contribution in [0.5, 0.6) is 0 Å². The number of hydrogen-bond acceptors (Lipinski definition) is 3. The van der Waals surface area contributed by atoms with Crippen LogP contribution in [-0.2, 0) is 12.6 Å². The van der Waals surface area contributed by atoms with E-state index in [1.54, 1.807) is 0 Å². The number of anilines is 1. The summed E-state index contributed by atoms with van der Waals surface area (Å²) in [6, 6.07) is 17.2. The monoisotopic (exact) mass is 518 g/mol. The van der Waals surface area contributed by atoms with Crippen LogP contribution in [0.4, 0.5) is 27.1 Å². The maximum atomic E-state index is 13.9. The van der Waals surface area contributed by atoms with Crippen LogP contribution in [0.15, 0.2) is 86.0 Å². The number of aromatic nitrogens is 1. The molecule has 0 amide bonds. The lowest BCUT2D eigenvalue weighted by Gasteiger charge is -2.20. The minimum absolute atomic E-state index is 0.202. The van der Waals surface area contributed by atoms with E-state index in [9.17, 15) is 22.0 Å². The van der Waals surface area contributed by atoms with Crippen molar-refractivity contribution in [2.24, 2.45) is 0 Å². The highest BCUT2D eigenvalue weighted by atomic mass is 32.1. The first-order valence-corrected chi connectivity index (χ1v) is 11.7. The third-order valence-electron chi connectivity index (χ3n) is 5.25. The maximum Gasteiger partial charge on any atom is 0.416 e. The molecule has 36 heavy (non-hydrogen) atoms. The van der Waals surface area contributed by atoms with E-state index in [0.29, 0.717) is 23.2 Å². The minimum Gasteiger partial charge on any atom is -0.375 e. The molecule has 0 saturated heterocycles. The van der Waals surface area contributed by atoms with Gasteiger partial charge in [0.05, 0.1) is 11.3 Å². The molecule has 0 radical (unpaired) electrons. The molecule has 3 aromatic carbocycles. The lowest BCUT2D eigenvalue weighted by molar-refractivity contribution is -0.137. The van der Waals surface area contributed by atoms with Crippen LogP contribution in [0.1, 0.15) is 38.7 Å². The van der Waals surface area contributed by atoms with Crippen molar-refractivity contribution in [3.05, 3.63) is 130 Å². The highest BCUT2D eigenvalue weighted by Crippen LogP contribution is 2.35. The molecule has 0 aliphatic heterocycles. The first-order chi connectivity index (χ1) is 17.0. The second-order valence-corrected chi connectivity index (χ2v) is 8.99. The van der Waals surface area contributed by atoms with Crippen LogP contribution in [0.25, 0.3) is 0 Å². The average Bonchev–Trinajstić information content (AvgIpc) is 3.14. The van der Waals surface area contributed by atoms with Gasteiger partial charge in [-0.25, -0.2) is 13.8 Å². The van der Waals surface area contributed by atoms with E-state index in [2.05, 4.69) is 18.1 Å². The molecule has 190 valence electrons. The van der Waals surface area contributed by atoms with Gasteiger partial charge in [0.1, 0.15) is 11.6 Å². The van der Waals surface area contributed by atoms with E-state index in [0.717, 1.165) is 23.4 Å². The molecular formula is C28H27F5N2S. The quantitative estimate of drug-likeness (QED) is 0.217. The van der Waals surface area contributed by atoms with Gasteiger partial charge in [-0.05, 0) is 67.3 Å². The molecule has 0 spiro atoms. The Balaban J connectivity index is 0.000000384. The Labute approximate surface area is 212 Å². The topological polar surface area (TPSA) is 38.9 Å². The molecule has 0 fully saturated rings. The largest absolute Gasteiger partial charge is 0.416 e. The standard InChI is InChI=1S/C21H15F5.C5H8N2S.C2H4/c22-18-8-6-15(7-9-18)20(10-14-4-2-1-3-5-14)16-11-17(21(24,25)26)13-19(23)12-16;1-3-4(2)8-5(6)7-3;1-2/h1-9,11-13,20H,10H2;1-2H3,(H2,6,7);1-2H2. The smallest absolute Gasteiger partial charge is 0.375 e. The number of benzene rings is 3. The zero-order valence-electron chi connectivity index (χ0n) is 19.9. The van der Waals surface area contributed by atoms with Gasteiger partial charge in [-0.15, -0.1) is 24.5 Å². The lowest BCUT2D eigenvalue weighted by Crippen LogP contribution is -2.10. The molecule has 1 heterocycles. The number of nitrogen functional groups attached to an aromatic ring is 1. The number of thiazole rings is 1. The zero-order chi connectivity index (χ0) is 26.9. The van der Waals surface area contributed by atoms with E-state index in [-0.39, 0.29) is 5.56 Å². The van der Waals surface area contributed by atoms with E-state index in [1.807, 2.05) is 44.2 Å².